The molecule has 0 saturated heterocycles. The molecule has 0 unspecified atom stereocenters. The van der Waals surface area contributed by atoms with Gasteiger partial charge >= 0.3 is 5.97 Å². The van der Waals surface area contributed by atoms with Gasteiger partial charge in [-0.15, -0.1) is 0 Å². The van der Waals surface area contributed by atoms with Gasteiger partial charge in [0.2, 0.25) is 11.8 Å². The van der Waals surface area contributed by atoms with Gasteiger partial charge in [-0.05, 0) is 24.0 Å². The maximum atomic E-state index is 12.1. The number of rotatable bonds is 14. The zero-order chi connectivity index (χ0) is 22.3. The standard InChI is InChI=1S/C24H30N2O5/c27-22(25-21(24(29)30)17-19-11-5-3-6-12-19)15-9-1-2-10-16-23(28)26-31-18-20-13-7-4-8-14-20/h3-8,11-14,21H,1-2,9-10,15-18H2,(H,25,27)(H,26,28)(H,29,30)/t21-/m1/s1. The number of amides is 2. The van der Waals surface area contributed by atoms with E-state index in [0.717, 1.165) is 24.0 Å². The number of hydrogen-bond acceptors (Lipinski definition) is 4. The summed E-state index contributed by atoms with van der Waals surface area (Å²) in [5.74, 6) is -1.48. The van der Waals surface area contributed by atoms with Crippen LogP contribution in [0.1, 0.15) is 49.7 Å². The molecule has 2 amide bonds. The van der Waals surface area contributed by atoms with Crippen LogP contribution in [0.5, 0.6) is 0 Å². The van der Waals surface area contributed by atoms with Gasteiger partial charge in [0.1, 0.15) is 6.04 Å². The third-order valence-electron chi connectivity index (χ3n) is 4.74. The predicted octanol–water partition coefficient (Wildman–Crippen LogP) is 3.39. The van der Waals surface area contributed by atoms with Gasteiger partial charge in [0.25, 0.3) is 0 Å². The van der Waals surface area contributed by atoms with Gasteiger partial charge in [-0.3, -0.25) is 14.4 Å². The van der Waals surface area contributed by atoms with E-state index in [9.17, 15) is 19.5 Å². The van der Waals surface area contributed by atoms with Crippen molar-refractivity contribution in [2.24, 2.45) is 0 Å². The second-order valence-electron chi connectivity index (χ2n) is 7.36. The summed E-state index contributed by atoms with van der Waals surface area (Å²) in [6.45, 7) is 0.323. The van der Waals surface area contributed by atoms with Gasteiger partial charge in [0.15, 0.2) is 0 Å². The van der Waals surface area contributed by atoms with E-state index in [1.807, 2.05) is 60.7 Å². The van der Waals surface area contributed by atoms with Crippen LogP contribution in [0.4, 0.5) is 0 Å². The second-order valence-corrected chi connectivity index (χ2v) is 7.36. The molecule has 0 aliphatic heterocycles. The number of carboxylic acid groups (broad SMARTS) is 1. The van der Waals surface area contributed by atoms with Gasteiger partial charge in [-0.25, -0.2) is 10.3 Å². The molecule has 0 aromatic heterocycles. The molecule has 3 N–H and O–H groups in total. The van der Waals surface area contributed by atoms with Crippen molar-refractivity contribution in [1.29, 1.82) is 0 Å². The minimum atomic E-state index is -1.04. The third-order valence-corrected chi connectivity index (χ3v) is 4.74. The van der Waals surface area contributed by atoms with Crippen molar-refractivity contribution in [2.75, 3.05) is 0 Å². The van der Waals surface area contributed by atoms with Gasteiger partial charge < -0.3 is 10.4 Å². The fourth-order valence-electron chi connectivity index (χ4n) is 3.07. The Kier molecular flexibility index (Phi) is 10.8. The van der Waals surface area contributed by atoms with E-state index in [4.69, 9.17) is 4.84 Å². The maximum Gasteiger partial charge on any atom is 0.326 e. The lowest BCUT2D eigenvalue weighted by molar-refractivity contribution is -0.141. The molecule has 1 atom stereocenters. The van der Waals surface area contributed by atoms with Crippen LogP contribution in [-0.2, 0) is 32.2 Å². The highest BCUT2D eigenvalue weighted by atomic mass is 16.6. The molecule has 0 fully saturated rings. The molecule has 7 heteroatoms. The van der Waals surface area contributed by atoms with Crippen LogP contribution >= 0.6 is 0 Å². The molecule has 2 rings (SSSR count). The van der Waals surface area contributed by atoms with Crippen LogP contribution in [0.3, 0.4) is 0 Å². The molecule has 2 aromatic carbocycles. The van der Waals surface area contributed by atoms with E-state index in [-0.39, 0.29) is 24.7 Å². The summed E-state index contributed by atoms with van der Waals surface area (Å²) < 4.78 is 0. The summed E-state index contributed by atoms with van der Waals surface area (Å²) in [6, 6.07) is 17.9. The fourth-order valence-corrected chi connectivity index (χ4v) is 3.07. The number of hydrogen-bond donors (Lipinski definition) is 3. The Hall–Kier alpha value is -3.19. The third kappa shape index (κ3) is 10.4. The minimum Gasteiger partial charge on any atom is -0.480 e. The lowest BCUT2D eigenvalue weighted by Crippen LogP contribution is -2.42. The first-order chi connectivity index (χ1) is 15.0. The summed E-state index contributed by atoms with van der Waals surface area (Å²) >= 11 is 0. The Morgan fingerprint density at radius 1 is 0.774 bits per heavy atom. The molecule has 0 aliphatic rings. The topological polar surface area (TPSA) is 105 Å². The van der Waals surface area contributed by atoms with E-state index < -0.39 is 12.0 Å². The Morgan fingerprint density at radius 3 is 1.90 bits per heavy atom. The largest absolute Gasteiger partial charge is 0.480 e. The van der Waals surface area contributed by atoms with Crippen LogP contribution in [-0.4, -0.2) is 28.9 Å². The highest BCUT2D eigenvalue weighted by Gasteiger charge is 2.20. The molecule has 7 nitrogen and oxygen atoms in total. The molecule has 0 heterocycles. The number of unbranched alkanes of at least 4 members (excludes halogenated alkanes) is 3. The molecule has 2 aromatic rings. The Balaban J connectivity index is 1.52. The Labute approximate surface area is 182 Å². The fraction of sp³-hybridized carbons (Fsp3) is 0.375. The normalized spacial score (nSPS) is 11.5. The summed E-state index contributed by atoms with van der Waals surface area (Å²) in [6.07, 6.45) is 3.84. The molecule has 0 bridgehead atoms. The number of hydroxylamine groups is 1. The molecular formula is C24H30N2O5. The number of carbonyl (C=O) groups is 3. The van der Waals surface area contributed by atoms with Crippen LogP contribution in [0.25, 0.3) is 0 Å². The monoisotopic (exact) mass is 426 g/mol. The lowest BCUT2D eigenvalue weighted by Gasteiger charge is -2.14. The second kappa shape index (κ2) is 13.9. The van der Waals surface area contributed by atoms with Crippen molar-refractivity contribution in [3.05, 3.63) is 71.8 Å². The van der Waals surface area contributed by atoms with E-state index >= 15 is 0 Å². The van der Waals surface area contributed by atoms with E-state index in [1.165, 1.54) is 0 Å². The number of carboxylic acids is 1. The van der Waals surface area contributed by atoms with Crippen molar-refractivity contribution < 1.29 is 24.3 Å². The van der Waals surface area contributed by atoms with Crippen molar-refractivity contribution in [1.82, 2.24) is 10.8 Å². The molecule has 31 heavy (non-hydrogen) atoms. The highest BCUT2D eigenvalue weighted by Crippen LogP contribution is 2.08. The van der Waals surface area contributed by atoms with Crippen LogP contribution < -0.4 is 10.8 Å². The Morgan fingerprint density at radius 2 is 1.32 bits per heavy atom. The number of aliphatic carboxylic acids is 1. The average Bonchev–Trinajstić information content (AvgIpc) is 2.77. The summed E-state index contributed by atoms with van der Waals surface area (Å²) in [5.41, 5.74) is 4.28. The van der Waals surface area contributed by atoms with Crippen LogP contribution in [0.2, 0.25) is 0 Å². The van der Waals surface area contributed by atoms with Gasteiger partial charge in [0, 0.05) is 19.3 Å². The van der Waals surface area contributed by atoms with Gasteiger partial charge in [0.05, 0.1) is 6.61 Å². The summed E-state index contributed by atoms with van der Waals surface area (Å²) in [5, 5.41) is 11.9. The van der Waals surface area contributed by atoms with E-state index in [1.54, 1.807) is 0 Å². The van der Waals surface area contributed by atoms with Crippen LogP contribution in [0, 0.1) is 0 Å². The first-order valence-electron chi connectivity index (χ1n) is 10.5. The lowest BCUT2D eigenvalue weighted by atomic mass is 10.1. The first-order valence-corrected chi connectivity index (χ1v) is 10.5. The quantitative estimate of drug-likeness (QED) is 0.317. The minimum absolute atomic E-state index is 0.168. The van der Waals surface area contributed by atoms with Crippen molar-refractivity contribution >= 4 is 17.8 Å². The Bertz CT molecular complexity index is 811. The van der Waals surface area contributed by atoms with Crippen molar-refractivity contribution in [2.45, 2.75) is 57.6 Å². The smallest absolute Gasteiger partial charge is 0.326 e. The van der Waals surface area contributed by atoms with Gasteiger partial charge in [-0.1, -0.05) is 73.5 Å². The van der Waals surface area contributed by atoms with Gasteiger partial charge in [-0.2, -0.15) is 0 Å². The number of carbonyl (C=O) groups excluding carboxylic acids is 2. The first kappa shape index (κ1) is 24.1. The predicted molar refractivity (Wildman–Crippen MR) is 117 cm³/mol. The molecule has 0 spiro atoms. The van der Waals surface area contributed by atoms with E-state index in [0.29, 0.717) is 25.9 Å². The SMILES string of the molecule is O=C(CCCCCCC(=O)N[C@H](Cc1ccccc1)C(=O)O)NOCc1ccccc1. The molecular weight excluding hydrogens is 396 g/mol. The number of nitrogens with one attached hydrogen (secondary N) is 2. The number of benzene rings is 2. The van der Waals surface area contributed by atoms with Crippen LogP contribution in [0.15, 0.2) is 60.7 Å². The van der Waals surface area contributed by atoms with Crippen molar-refractivity contribution in [3.8, 4) is 0 Å². The molecule has 166 valence electrons. The van der Waals surface area contributed by atoms with Crippen molar-refractivity contribution in [3.63, 3.8) is 0 Å². The average molecular weight is 427 g/mol. The highest BCUT2D eigenvalue weighted by molar-refractivity contribution is 5.83. The zero-order valence-electron chi connectivity index (χ0n) is 17.6. The summed E-state index contributed by atoms with van der Waals surface area (Å²) in [4.78, 5) is 40.4. The molecule has 0 radical (unpaired) electrons. The zero-order valence-corrected chi connectivity index (χ0v) is 17.6. The summed E-state index contributed by atoms with van der Waals surface area (Å²) in [7, 11) is 0. The van der Waals surface area contributed by atoms with E-state index in [2.05, 4.69) is 10.8 Å². The molecule has 0 saturated carbocycles. The maximum absolute atomic E-state index is 12.1. The molecule has 0 aliphatic carbocycles.